The van der Waals surface area contributed by atoms with Crippen molar-refractivity contribution < 1.29 is 22.8 Å². The fourth-order valence-corrected chi connectivity index (χ4v) is 1.31. The van der Waals surface area contributed by atoms with Crippen molar-refractivity contribution in [1.29, 1.82) is 0 Å². The highest BCUT2D eigenvalue weighted by Gasteiger charge is 2.49. The average Bonchev–Trinajstić information content (AvgIpc) is 2.28. The van der Waals surface area contributed by atoms with Crippen molar-refractivity contribution >= 4 is 11.9 Å². The maximum Gasteiger partial charge on any atom is 0.406 e. The van der Waals surface area contributed by atoms with Gasteiger partial charge in [0.1, 0.15) is 12.1 Å². The molecule has 1 N–H and O–H groups in total. The number of carbonyl (C=O) groups is 2. The molecule has 0 bridgehead atoms. The van der Waals surface area contributed by atoms with Gasteiger partial charge in [-0.1, -0.05) is 6.92 Å². The topological polar surface area (TPSA) is 49.4 Å². The summed E-state index contributed by atoms with van der Waals surface area (Å²) in [7, 11) is 0. The maximum atomic E-state index is 12.0. The number of rotatable bonds is 2. The molecule has 0 spiro atoms. The number of hydrogen-bond donors (Lipinski definition) is 1. The van der Waals surface area contributed by atoms with Crippen molar-refractivity contribution in [3.8, 4) is 0 Å². The third-order valence-corrected chi connectivity index (χ3v) is 2.39. The summed E-state index contributed by atoms with van der Waals surface area (Å²) in [6.45, 7) is 1.49. The molecule has 1 saturated heterocycles. The summed E-state index contributed by atoms with van der Waals surface area (Å²) in [4.78, 5) is 22.8. The molecule has 1 unspecified atom stereocenters. The Morgan fingerprint density at radius 1 is 1.40 bits per heavy atom. The molecule has 3 amide bonds. The second kappa shape index (κ2) is 3.39. The first kappa shape index (κ1) is 11.8. The van der Waals surface area contributed by atoms with Crippen LogP contribution < -0.4 is 5.32 Å². The fourth-order valence-electron chi connectivity index (χ4n) is 1.31. The van der Waals surface area contributed by atoms with Gasteiger partial charge >= 0.3 is 12.2 Å². The summed E-state index contributed by atoms with van der Waals surface area (Å²) in [5.74, 6) is -0.827. The first-order valence-corrected chi connectivity index (χ1v) is 4.40. The molecule has 1 rings (SSSR count). The van der Waals surface area contributed by atoms with Crippen LogP contribution in [0.15, 0.2) is 0 Å². The Morgan fingerprint density at radius 3 is 2.27 bits per heavy atom. The van der Waals surface area contributed by atoms with Gasteiger partial charge in [-0.3, -0.25) is 9.69 Å². The van der Waals surface area contributed by atoms with Crippen LogP contribution in [0.1, 0.15) is 20.3 Å². The maximum absolute atomic E-state index is 12.0. The Labute approximate surface area is 84.4 Å². The van der Waals surface area contributed by atoms with Crippen LogP contribution in [-0.4, -0.2) is 35.1 Å². The zero-order valence-electron chi connectivity index (χ0n) is 8.31. The Hall–Kier alpha value is -1.27. The molecular weight excluding hydrogens is 213 g/mol. The van der Waals surface area contributed by atoms with Gasteiger partial charge in [0.05, 0.1) is 0 Å². The predicted octanol–water partition coefficient (Wildman–Crippen LogP) is 1.27. The molecule has 0 aromatic rings. The molecule has 15 heavy (non-hydrogen) atoms. The van der Waals surface area contributed by atoms with Crippen molar-refractivity contribution in [2.45, 2.75) is 32.0 Å². The van der Waals surface area contributed by atoms with Gasteiger partial charge < -0.3 is 5.32 Å². The number of hydrogen-bond acceptors (Lipinski definition) is 2. The molecule has 1 aliphatic heterocycles. The van der Waals surface area contributed by atoms with Gasteiger partial charge in [-0.2, -0.15) is 13.2 Å². The summed E-state index contributed by atoms with van der Waals surface area (Å²) >= 11 is 0. The summed E-state index contributed by atoms with van der Waals surface area (Å²) in [6.07, 6.45) is -4.31. The summed E-state index contributed by atoms with van der Waals surface area (Å²) in [6, 6.07) is -0.985. The number of alkyl halides is 3. The van der Waals surface area contributed by atoms with E-state index < -0.39 is 30.2 Å². The minimum Gasteiger partial charge on any atom is -0.323 e. The van der Waals surface area contributed by atoms with Crippen LogP contribution in [0.5, 0.6) is 0 Å². The monoisotopic (exact) mass is 224 g/mol. The van der Waals surface area contributed by atoms with Gasteiger partial charge in [-0.05, 0) is 13.3 Å². The minimum absolute atomic E-state index is 0.198. The number of carbonyl (C=O) groups excluding carboxylic acids is 2. The molecule has 1 heterocycles. The molecule has 1 atom stereocenters. The third kappa shape index (κ3) is 2.21. The second-order valence-electron chi connectivity index (χ2n) is 3.62. The zero-order valence-corrected chi connectivity index (χ0v) is 8.31. The van der Waals surface area contributed by atoms with E-state index in [0.29, 0.717) is 0 Å². The van der Waals surface area contributed by atoms with E-state index in [0.717, 1.165) is 0 Å². The molecule has 1 aliphatic rings. The number of nitrogens with one attached hydrogen (secondary N) is 1. The van der Waals surface area contributed by atoms with Crippen molar-refractivity contribution in [2.24, 2.45) is 0 Å². The molecule has 7 heteroatoms. The van der Waals surface area contributed by atoms with Gasteiger partial charge in [-0.15, -0.1) is 0 Å². The SMILES string of the molecule is CCC1(C)NC(=O)N(CC(F)(F)F)C1=O. The Kier molecular flexibility index (Phi) is 2.67. The smallest absolute Gasteiger partial charge is 0.323 e. The molecule has 0 saturated carbocycles. The van der Waals surface area contributed by atoms with E-state index >= 15 is 0 Å². The Bertz CT molecular complexity index is 303. The number of urea groups is 1. The normalized spacial score (nSPS) is 27.1. The van der Waals surface area contributed by atoms with Gasteiger partial charge in [0.2, 0.25) is 0 Å². The van der Waals surface area contributed by atoms with Crippen molar-refractivity contribution in [3.63, 3.8) is 0 Å². The highest BCUT2D eigenvalue weighted by molar-refractivity contribution is 6.06. The zero-order chi connectivity index (χ0) is 11.9. The van der Waals surface area contributed by atoms with Gasteiger partial charge in [0.15, 0.2) is 0 Å². The van der Waals surface area contributed by atoms with Gasteiger partial charge in [-0.25, -0.2) is 4.79 Å². The Balaban J connectivity index is 2.85. The molecule has 0 radical (unpaired) electrons. The van der Waals surface area contributed by atoms with Gasteiger partial charge in [0, 0.05) is 0 Å². The number of imide groups is 1. The first-order chi connectivity index (χ1) is 6.69. The Morgan fingerprint density at radius 2 is 1.93 bits per heavy atom. The van der Waals surface area contributed by atoms with E-state index in [-0.39, 0.29) is 11.3 Å². The molecule has 0 aliphatic carbocycles. The molecule has 0 aromatic carbocycles. The third-order valence-electron chi connectivity index (χ3n) is 2.39. The van der Waals surface area contributed by atoms with E-state index in [1.807, 2.05) is 0 Å². The lowest BCUT2D eigenvalue weighted by atomic mass is 9.99. The molecule has 0 aromatic heterocycles. The summed E-state index contributed by atoms with van der Waals surface area (Å²) in [5.41, 5.74) is -1.21. The predicted molar refractivity (Wildman–Crippen MR) is 45.0 cm³/mol. The quantitative estimate of drug-likeness (QED) is 0.718. The summed E-state index contributed by atoms with van der Waals surface area (Å²) < 4.78 is 36.1. The van der Waals surface area contributed by atoms with E-state index in [2.05, 4.69) is 5.32 Å². The lowest BCUT2D eigenvalue weighted by Crippen LogP contribution is -2.44. The van der Waals surface area contributed by atoms with Crippen LogP contribution in [0.2, 0.25) is 0 Å². The lowest BCUT2D eigenvalue weighted by molar-refractivity contribution is -0.154. The van der Waals surface area contributed by atoms with Crippen molar-refractivity contribution in [2.75, 3.05) is 6.54 Å². The average molecular weight is 224 g/mol. The van der Waals surface area contributed by atoms with Crippen LogP contribution in [0, 0.1) is 0 Å². The fraction of sp³-hybridized carbons (Fsp3) is 0.750. The molecule has 4 nitrogen and oxygen atoms in total. The number of halogens is 3. The van der Waals surface area contributed by atoms with E-state index in [1.54, 1.807) is 6.92 Å². The largest absolute Gasteiger partial charge is 0.406 e. The van der Waals surface area contributed by atoms with Gasteiger partial charge in [0.25, 0.3) is 5.91 Å². The van der Waals surface area contributed by atoms with E-state index in [9.17, 15) is 22.8 Å². The highest BCUT2D eigenvalue weighted by atomic mass is 19.4. The highest BCUT2D eigenvalue weighted by Crippen LogP contribution is 2.25. The van der Waals surface area contributed by atoms with Crippen LogP contribution >= 0.6 is 0 Å². The number of nitrogens with zero attached hydrogens (tertiary/aromatic N) is 1. The second-order valence-corrected chi connectivity index (χ2v) is 3.62. The molecule has 86 valence electrons. The van der Waals surface area contributed by atoms with E-state index in [1.165, 1.54) is 6.92 Å². The van der Waals surface area contributed by atoms with Crippen LogP contribution in [0.3, 0.4) is 0 Å². The van der Waals surface area contributed by atoms with Crippen LogP contribution in [-0.2, 0) is 4.79 Å². The van der Waals surface area contributed by atoms with Crippen LogP contribution in [0.25, 0.3) is 0 Å². The standard InChI is InChI=1S/C8H11F3N2O2/c1-3-7(2)5(14)13(6(15)12-7)4-8(9,10)11/h3-4H2,1-2H3,(H,12,15). The van der Waals surface area contributed by atoms with Crippen molar-refractivity contribution in [3.05, 3.63) is 0 Å². The minimum atomic E-state index is -4.56. The molecule has 1 fully saturated rings. The lowest BCUT2D eigenvalue weighted by Gasteiger charge is -2.19. The van der Waals surface area contributed by atoms with E-state index in [4.69, 9.17) is 0 Å². The number of amides is 3. The summed E-state index contributed by atoms with van der Waals surface area (Å²) in [5, 5.41) is 2.24. The van der Waals surface area contributed by atoms with Crippen molar-refractivity contribution in [1.82, 2.24) is 10.2 Å². The molecular formula is C8H11F3N2O2. The first-order valence-electron chi connectivity index (χ1n) is 4.40. The van der Waals surface area contributed by atoms with Crippen LogP contribution in [0.4, 0.5) is 18.0 Å².